The highest BCUT2D eigenvalue weighted by Gasteiger charge is 2.22. The first kappa shape index (κ1) is 26.2. The van der Waals surface area contributed by atoms with Gasteiger partial charge >= 0.3 is 5.97 Å². The van der Waals surface area contributed by atoms with E-state index >= 15 is 0 Å². The lowest BCUT2D eigenvalue weighted by molar-refractivity contribution is 0.0726. The molecule has 0 N–H and O–H groups in total. The first-order valence-electron chi connectivity index (χ1n) is 12.8. The van der Waals surface area contributed by atoms with Gasteiger partial charge in [-0.15, -0.1) is 0 Å². The van der Waals surface area contributed by atoms with Gasteiger partial charge < -0.3 is 9.47 Å². The summed E-state index contributed by atoms with van der Waals surface area (Å²) < 4.78 is 39.9. The molecule has 1 aliphatic rings. The van der Waals surface area contributed by atoms with E-state index in [1.54, 1.807) is 24.3 Å². The Morgan fingerprint density at radius 2 is 1.65 bits per heavy atom. The number of ether oxygens (including phenoxy) is 2. The van der Waals surface area contributed by atoms with Crippen molar-refractivity contribution in [3.05, 3.63) is 59.2 Å². The average Bonchev–Trinajstić information content (AvgIpc) is 2.86. The molecule has 0 saturated heterocycles. The predicted molar refractivity (Wildman–Crippen MR) is 131 cm³/mol. The fraction of sp³-hybridized carbons (Fsp3) is 0.552. The molecule has 0 heterocycles. The molecular formula is C29H38F2O3. The maximum absolute atomic E-state index is 14.4. The monoisotopic (exact) mass is 472 g/mol. The molecule has 5 heteroatoms. The van der Waals surface area contributed by atoms with Crippen molar-refractivity contribution in [2.45, 2.75) is 78.6 Å². The molecule has 0 aliphatic heterocycles. The van der Waals surface area contributed by atoms with Crippen LogP contribution in [-0.2, 0) is 6.42 Å². The Bertz CT molecular complexity index is 918. The molecule has 0 bridgehead atoms. The van der Waals surface area contributed by atoms with E-state index in [1.165, 1.54) is 57.1 Å². The highest BCUT2D eigenvalue weighted by molar-refractivity contribution is 5.91. The summed E-state index contributed by atoms with van der Waals surface area (Å²) in [4.78, 5) is 12.5. The van der Waals surface area contributed by atoms with Gasteiger partial charge in [-0.25, -0.2) is 9.18 Å². The van der Waals surface area contributed by atoms with Gasteiger partial charge in [0, 0.05) is 0 Å². The van der Waals surface area contributed by atoms with Crippen molar-refractivity contribution in [3.8, 4) is 11.5 Å². The van der Waals surface area contributed by atoms with Crippen molar-refractivity contribution >= 4 is 5.97 Å². The van der Waals surface area contributed by atoms with Crippen LogP contribution in [0.15, 0.2) is 36.4 Å². The second-order valence-electron chi connectivity index (χ2n) is 9.82. The molecule has 1 fully saturated rings. The van der Waals surface area contributed by atoms with E-state index in [9.17, 15) is 13.6 Å². The Balaban J connectivity index is 1.50. The van der Waals surface area contributed by atoms with E-state index in [-0.39, 0.29) is 11.5 Å². The number of hydrogen-bond acceptors (Lipinski definition) is 3. The van der Waals surface area contributed by atoms with Crippen LogP contribution in [-0.4, -0.2) is 12.6 Å². The first-order valence-corrected chi connectivity index (χ1v) is 12.8. The Labute approximate surface area is 202 Å². The molecule has 0 aromatic heterocycles. The summed E-state index contributed by atoms with van der Waals surface area (Å²) in [6, 6.07) is 9.42. The van der Waals surface area contributed by atoms with Crippen LogP contribution in [0, 0.1) is 29.4 Å². The van der Waals surface area contributed by atoms with E-state index < -0.39 is 23.4 Å². The van der Waals surface area contributed by atoms with Crippen molar-refractivity contribution in [2.24, 2.45) is 17.8 Å². The largest absolute Gasteiger partial charge is 0.493 e. The van der Waals surface area contributed by atoms with E-state index in [1.807, 2.05) is 13.8 Å². The Kier molecular flexibility index (Phi) is 9.91. The van der Waals surface area contributed by atoms with Crippen molar-refractivity contribution in [2.75, 3.05) is 6.61 Å². The zero-order valence-corrected chi connectivity index (χ0v) is 20.7. The third-order valence-corrected chi connectivity index (χ3v) is 7.10. The number of rotatable bonds is 11. The van der Waals surface area contributed by atoms with Crippen LogP contribution in [0.25, 0.3) is 0 Å². The van der Waals surface area contributed by atoms with Crippen LogP contribution < -0.4 is 9.47 Å². The minimum Gasteiger partial charge on any atom is -0.493 e. The van der Waals surface area contributed by atoms with Crippen LogP contribution in [0.3, 0.4) is 0 Å². The number of esters is 1. The third-order valence-electron chi connectivity index (χ3n) is 7.10. The van der Waals surface area contributed by atoms with Crippen molar-refractivity contribution in [1.29, 1.82) is 0 Å². The summed E-state index contributed by atoms with van der Waals surface area (Å²) in [5.74, 6) is -0.831. The zero-order valence-electron chi connectivity index (χ0n) is 20.7. The molecule has 2 aromatic rings. The SMILES string of the molecule is CCCC[C@H]1CC[C@H](COc2ccc(C(=O)Oc3ccc(C[C@@H](C)CC)c(F)c3F)cc2)CC1. The lowest BCUT2D eigenvalue weighted by Crippen LogP contribution is -2.20. The van der Waals surface area contributed by atoms with Gasteiger partial charge in [-0.1, -0.05) is 65.4 Å². The highest BCUT2D eigenvalue weighted by Crippen LogP contribution is 2.32. The quantitative estimate of drug-likeness (QED) is 0.244. The van der Waals surface area contributed by atoms with Gasteiger partial charge in [0.2, 0.25) is 5.82 Å². The topological polar surface area (TPSA) is 35.5 Å². The highest BCUT2D eigenvalue weighted by atomic mass is 19.2. The number of carbonyl (C=O) groups is 1. The van der Waals surface area contributed by atoms with Crippen molar-refractivity contribution < 1.29 is 23.0 Å². The zero-order chi connectivity index (χ0) is 24.5. The average molecular weight is 473 g/mol. The smallest absolute Gasteiger partial charge is 0.343 e. The van der Waals surface area contributed by atoms with Gasteiger partial charge in [0.1, 0.15) is 5.75 Å². The normalized spacial score (nSPS) is 19.0. The molecular weight excluding hydrogens is 434 g/mol. The van der Waals surface area contributed by atoms with Gasteiger partial charge in [0.15, 0.2) is 11.6 Å². The Morgan fingerprint density at radius 3 is 2.29 bits per heavy atom. The summed E-state index contributed by atoms with van der Waals surface area (Å²) in [6.45, 7) is 6.91. The predicted octanol–water partition coefficient (Wildman–Crippen LogP) is 8.15. The van der Waals surface area contributed by atoms with Crippen LogP contribution >= 0.6 is 0 Å². The Morgan fingerprint density at radius 1 is 0.971 bits per heavy atom. The van der Waals surface area contributed by atoms with Gasteiger partial charge in [0.25, 0.3) is 0 Å². The van der Waals surface area contributed by atoms with Crippen molar-refractivity contribution in [1.82, 2.24) is 0 Å². The van der Waals surface area contributed by atoms with Crippen LogP contribution in [0.1, 0.15) is 88.1 Å². The molecule has 3 nitrogen and oxygen atoms in total. The molecule has 1 aliphatic carbocycles. The second kappa shape index (κ2) is 12.9. The Hall–Kier alpha value is -2.43. The lowest BCUT2D eigenvalue weighted by atomic mass is 9.80. The van der Waals surface area contributed by atoms with Crippen LogP contribution in [0.2, 0.25) is 0 Å². The number of carbonyl (C=O) groups excluding carboxylic acids is 1. The van der Waals surface area contributed by atoms with Gasteiger partial charge in [-0.05, 0) is 72.9 Å². The molecule has 1 atom stereocenters. The fourth-order valence-corrected chi connectivity index (χ4v) is 4.57. The summed E-state index contributed by atoms with van der Waals surface area (Å²) in [6.07, 6.45) is 10.2. The minimum absolute atomic E-state index is 0.240. The number of unbranched alkanes of at least 4 members (excludes halogenated alkanes) is 1. The lowest BCUT2D eigenvalue weighted by Gasteiger charge is -2.28. The molecule has 0 amide bonds. The minimum atomic E-state index is -1.13. The van der Waals surface area contributed by atoms with Gasteiger partial charge in [0.05, 0.1) is 12.2 Å². The molecule has 3 rings (SSSR count). The third kappa shape index (κ3) is 7.28. The maximum atomic E-state index is 14.4. The van der Waals surface area contributed by atoms with E-state index in [0.29, 0.717) is 30.3 Å². The molecule has 0 spiro atoms. The molecule has 1 saturated carbocycles. The number of halogens is 2. The number of benzene rings is 2. The first-order chi connectivity index (χ1) is 16.4. The number of hydrogen-bond donors (Lipinski definition) is 0. The van der Waals surface area contributed by atoms with Gasteiger partial charge in [-0.2, -0.15) is 4.39 Å². The molecule has 0 unspecified atom stereocenters. The molecule has 34 heavy (non-hydrogen) atoms. The molecule has 186 valence electrons. The maximum Gasteiger partial charge on any atom is 0.343 e. The van der Waals surface area contributed by atoms with E-state index in [2.05, 4.69) is 6.92 Å². The summed E-state index contributed by atoms with van der Waals surface area (Å²) in [5.41, 5.74) is 0.551. The summed E-state index contributed by atoms with van der Waals surface area (Å²) in [7, 11) is 0. The van der Waals surface area contributed by atoms with E-state index in [0.717, 1.165) is 12.3 Å². The summed E-state index contributed by atoms with van der Waals surface area (Å²) >= 11 is 0. The standard InChI is InChI=1S/C29H38F2O3/c1-4-6-7-21-8-10-22(11-9-21)19-33-25-15-12-23(13-16-25)29(32)34-26-17-14-24(18-20(3)5-2)27(30)28(26)31/h12-17,20-22H,4-11,18-19H2,1-3H3/t20-,21-,22-/m0/s1. The second-order valence-corrected chi connectivity index (χ2v) is 9.82. The fourth-order valence-electron chi connectivity index (χ4n) is 4.57. The van der Waals surface area contributed by atoms with Crippen LogP contribution in [0.4, 0.5) is 8.78 Å². The molecule has 2 aromatic carbocycles. The van der Waals surface area contributed by atoms with Gasteiger partial charge in [-0.3, -0.25) is 0 Å². The van der Waals surface area contributed by atoms with Crippen LogP contribution in [0.5, 0.6) is 11.5 Å². The van der Waals surface area contributed by atoms with E-state index in [4.69, 9.17) is 9.47 Å². The molecule has 0 radical (unpaired) electrons. The van der Waals surface area contributed by atoms with Crippen molar-refractivity contribution in [3.63, 3.8) is 0 Å². The summed E-state index contributed by atoms with van der Waals surface area (Å²) in [5, 5.41) is 0.